The summed E-state index contributed by atoms with van der Waals surface area (Å²) in [7, 11) is 0. The molecule has 0 aliphatic heterocycles. The normalized spacial score (nSPS) is 10.5. The summed E-state index contributed by atoms with van der Waals surface area (Å²) in [6.45, 7) is 4.95. The van der Waals surface area contributed by atoms with Crippen molar-refractivity contribution in [3.63, 3.8) is 0 Å². The smallest absolute Gasteiger partial charge is 0.251 e. The second-order valence-corrected chi connectivity index (χ2v) is 4.27. The van der Waals surface area contributed by atoms with E-state index >= 15 is 0 Å². The molecule has 1 aromatic rings. The van der Waals surface area contributed by atoms with Crippen molar-refractivity contribution in [1.82, 2.24) is 5.32 Å². The van der Waals surface area contributed by atoms with E-state index in [4.69, 9.17) is 5.11 Å². The fraction of sp³-hybridized carbons (Fsp3) is 0.462. The molecule has 0 saturated carbocycles. The summed E-state index contributed by atoms with van der Waals surface area (Å²) in [6.07, 6.45) is 0.633. The van der Waals surface area contributed by atoms with Crippen molar-refractivity contribution in [2.45, 2.75) is 20.3 Å². The molecule has 1 rings (SSSR count). The number of nitrogens with one attached hydrogen (secondary N) is 1. The van der Waals surface area contributed by atoms with Gasteiger partial charge in [-0.1, -0.05) is 26.0 Å². The lowest BCUT2D eigenvalue weighted by molar-refractivity contribution is 0.0949. The lowest BCUT2D eigenvalue weighted by atomic mass is 10.1. The van der Waals surface area contributed by atoms with E-state index in [0.717, 1.165) is 5.56 Å². The van der Waals surface area contributed by atoms with Crippen molar-refractivity contribution in [2.75, 3.05) is 13.2 Å². The Bertz CT molecular complexity index is 330. The largest absolute Gasteiger partial charge is 0.396 e. The van der Waals surface area contributed by atoms with Gasteiger partial charge < -0.3 is 10.4 Å². The number of benzene rings is 1. The maximum Gasteiger partial charge on any atom is 0.251 e. The standard InChI is InChI=1S/C13H19NO2/c1-10(2)9-14-13(16)12-5-3-11(4-6-12)7-8-15/h3-6,10,15H,7-9H2,1-2H3,(H,14,16). The Labute approximate surface area is 96.5 Å². The van der Waals surface area contributed by atoms with Crippen LogP contribution in [-0.4, -0.2) is 24.2 Å². The summed E-state index contributed by atoms with van der Waals surface area (Å²) >= 11 is 0. The maximum atomic E-state index is 11.7. The molecule has 0 heterocycles. The van der Waals surface area contributed by atoms with E-state index in [2.05, 4.69) is 19.2 Å². The first-order valence-corrected chi connectivity index (χ1v) is 5.61. The highest BCUT2D eigenvalue weighted by Gasteiger charge is 2.05. The van der Waals surface area contributed by atoms with Gasteiger partial charge in [-0.3, -0.25) is 4.79 Å². The molecule has 0 saturated heterocycles. The van der Waals surface area contributed by atoms with Gasteiger partial charge in [0.2, 0.25) is 0 Å². The monoisotopic (exact) mass is 221 g/mol. The van der Waals surface area contributed by atoms with Gasteiger partial charge in [0.25, 0.3) is 5.91 Å². The minimum absolute atomic E-state index is 0.0377. The summed E-state index contributed by atoms with van der Waals surface area (Å²) in [5.74, 6) is 0.418. The van der Waals surface area contributed by atoms with Crippen molar-refractivity contribution in [3.8, 4) is 0 Å². The van der Waals surface area contributed by atoms with Gasteiger partial charge in [0.1, 0.15) is 0 Å². The lowest BCUT2D eigenvalue weighted by Gasteiger charge is -2.07. The highest BCUT2D eigenvalue weighted by molar-refractivity contribution is 5.94. The van der Waals surface area contributed by atoms with Crippen molar-refractivity contribution in [3.05, 3.63) is 35.4 Å². The number of hydrogen-bond acceptors (Lipinski definition) is 2. The molecule has 3 heteroatoms. The van der Waals surface area contributed by atoms with E-state index in [9.17, 15) is 4.79 Å². The van der Waals surface area contributed by atoms with Gasteiger partial charge in [-0.15, -0.1) is 0 Å². The van der Waals surface area contributed by atoms with Gasteiger partial charge in [0, 0.05) is 18.7 Å². The third-order valence-electron chi connectivity index (χ3n) is 2.29. The second-order valence-electron chi connectivity index (χ2n) is 4.27. The van der Waals surface area contributed by atoms with Gasteiger partial charge in [0.05, 0.1) is 0 Å². The predicted octanol–water partition coefficient (Wildman–Crippen LogP) is 1.61. The Morgan fingerprint density at radius 1 is 1.31 bits per heavy atom. The van der Waals surface area contributed by atoms with Gasteiger partial charge in [0.15, 0.2) is 0 Å². The first-order valence-electron chi connectivity index (χ1n) is 5.61. The van der Waals surface area contributed by atoms with Crippen LogP contribution in [0.25, 0.3) is 0 Å². The minimum atomic E-state index is -0.0377. The molecular weight excluding hydrogens is 202 g/mol. The average Bonchev–Trinajstić information content (AvgIpc) is 2.27. The van der Waals surface area contributed by atoms with E-state index in [1.54, 1.807) is 12.1 Å². The molecule has 0 spiro atoms. The lowest BCUT2D eigenvalue weighted by Crippen LogP contribution is -2.27. The summed E-state index contributed by atoms with van der Waals surface area (Å²) in [5.41, 5.74) is 1.71. The van der Waals surface area contributed by atoms with Gasteiger partial charge in [-0.05, 0) is 30.0 Å². The number of aliphatic hydroxyl groups excluding tert-OH is 1. The van der Waals surface area contributed by atoms with Crippen LogP contribution in [0.4, 0.5) is 0 Å². The molecule has 0 aliphatic rings. The fourth-order valence-electron chi connectivity index (χ4n) is 1.35. The minimum Gasteiger partial charge on any atom is -0.396 e. The molecule has 0 aromatic heterocycles. The van der Waals surface area contributed by atoms with Gasteiger partial charge in [-0.2, -0.15) is 0 Å². The zero-order valence-electron chi connectivity index (χ0n) is 9.86. The average molecular weight is 221 g/mol. The molecule has 0 radical (unpaired) electrons. The van der Waals surface area contributed by atoms with Crippen LogP contribution in [0.1, 0.15) is 29.8 Å². The molecule has 0 aliphatic carbocycles. The molecule has 3 nitrogen and oxygen atoms in total. The van der Waals surface area contributed by atoms with Crippen LogP contribution in [0.5, 0.6) is 0 Å². The number of rotatable bonds is 5. The van der Waals surface area contributed by atoms with E-state index in [1.165, 1.54) is 0 Å². The highest BCUT2D eigenvalue weighted by Crippen LogP contribution is 2.05. The van der Waals surface area contributed by atoms with E-state index in [0.29, 0.717) is 24.4 Å². The number of aliphatic hydroxyl groups is 1. The summed E-state index contributed by atoms with van der Waals surface area (Å²) < 4.78 is 0. The summed E-state index contributed by atoms with van der Waals surface area (Å²) in [5, 5.41) is 11.6. The zero-order valence-corrected chi connectivity index (χ0v) is 9.86. The van der Waals surface area contributed by atoms with Crippen LogP contribution in [0, 0.1) is 5.92 Å². The third kappa shape index (κ3) is 4.03. The van der Waals surface area contributed by atoms with E-state index in [-0.39, 0.29) is 12.5 Å². The Kier molecular flexibility index (Phi) is 4.99. The topological polar surface area (TPSA) is 49.3 Å². The van der Waals surface area contributed by atoms with Gasteiger partial charge >= 0.3 is 0 Å². The first-order chi connectivity index (χ1) is 7.63. The summed E-state index contributed by atoms with van der Waals surface area (Å²) in [6, 6.07) is 7.34. The predicted molar refractivity (Wildman–Crippen MR) is 64.4 cm³/mol. The van der Waals surface area contributed by atoms with Crippen molar-refractivity contribution in [1.29, 1.82) is 0 Å². The molecule has 88 valence electrons. The zero-order chi connectivity index (χ0) is 12.0. The van der Waals surface area contributed by atoms with Crippen molar-refractivity contribution >= 4 is 5.91 Å². The van der Waals surface area contributed by atoms with Crippen LogP contribution in [0.3, 0.4) is 0 Å². The molecule has 0 atom stereocenters. The second kappa shape index (κ2) is 6.28. The quantitative estimate of drug-likeness (QED) is 0.793. The molecule has 0 fully saturated rings. The maximum absolute atomic E-state index is 11.7. The Balaban J connectivity index is 2.56. The SMILES string of the molecule is CC(C)CNC(=O)c1ccc(CCO)cc1. The number of carbonyl (C=O) groups is 1. The molecule has 1 amide bonds. The van der Waals surface area contributed by atoms with Crippen LogP contribution >= 0.6 is 0 Å². The van der Waals surface area contributed by atoms with Crippen LogP contribution < -0.4 is 5.32 Å². The number of amides is 1. The molecule has 1 aromatic carbocycles. The van der Waals surface area contributed by atoms with Crippen molar-refractivity contribution < 1.29 is 9.90 Å². The van der Waals surface area contributed by atoms with Gasteiger partial charge in [-0.25, -0.2) is 0 Å². The third-order valence-corrected chi connectivity index (χ3v) is 2.29. The Morgan fingerprint density at radius 3 is 2.44 bits per heavy atom. The Hall–Kier alpha value is -1.35. The van der Waals surface area contributed by atoms with E-state index in [1.807, 2.05) is 12.1 Å². The summed E-state index contributed by atoms with van der Waals surface area (Å²) in [4.78, 5) is 11.7. The van der Waals surface area contributed by atoms with Crippen LogP contribution in [0.15, 0.2) is 24.3 Å². The first kappa shape index (κ1) is 12.7. The molecule has 2 N–H and O–H groups in total. The molecular formula is C13H19NO2. The number of carbonyl (C=O) groups excluding carboxylic acids is 1. The molecule has 0 unspecified atom stereocenters. The fourth-order valence-corrected chi connectivity index (χ4v) is 1.35. The van der Waals surface area contributed by atoms with Crippen LogP contribution in [-0.2, 0) is 6.42 Å². The Morgan fingerprint density at radius 2 is 1.94 bits per heavy atom. The molecule has 16 heavy (non-hydrogen) atoms. The van der Waals surface area contributed by atoms with E-state index < -0.39 is 0 Å². The highest BCUT2D eigenvalue weighted by atomic mass is 16.2. The van der Waals surface area contributed by atoms with Crippen molar-refractivity contribution in [2.24, 2.45) is 5.92 Å². The number of hydrogen-bond donors (Lipinski definition) is 2. The molecule has 0 bridgehead atoms. The van der Waals surface area contributed by atoms with Crippen LogP contribution in [0.2, 0.25) is 0 Å².